The minimum atomic E-state index is -0.388. The summed E-state index contributed by atoms with van der Waals surface area (Å²) in [5.74, 6) is 0.997. The van der Waals surface area contributed by atoms with E-state index in [1.54, 1.807) is 18.3 Å². The molecule has 0 aliphatic heterocycles. The number of nitrogens with one attached hydrogen (secondary N) is 1. The highest BCUT2D eigenvalue weighted by molar-refractivity contribution is 5.96. The highest BCUT2D eigenvalue weighted by Gasteiger charge is 2.18. The maximum absolute atomic E-state index is 12.6. The molecule has 0 unspecified atom stereocenters. The molecular formula is C23H31N3O5. The van der Waals surface area contributed by atoms with Gasteiger partial charge in [-0.25, -0.2) is 5.43 Å². The van der Waals surface area contributed by atoms with Gasteiger partial charge < -0.3 is 24.2 Å². The molecule has 0 saturated carbocycles. The van der Waals surface area contributed by atoms with Crippen molar-refractivity contribution in [3.05, 3.63) is 47.5 Å². The van der Waals surface area contributed by atoms with E-state index in [2.05, 4.69) is 10.5 Å². The predicted molar refractivity (Wildman–Crippen MR) is 122 cm³/mol. The largest absolute Gasteiger partial charge is 0.490 e. The second kappa shape index (κ2) is 12.4. The summed E-state index contributed by atoms with van der Waals surface area (Å²) in [4.78, 5) is 14.6. The molecule has 0 heterocycles. The summed E-state index contributed by atoms with van der Waals surface area (Å²) in [7, 11) is 1.91. The van der Waals surface area contributed by atoms with E-state index in [1.807, 2.05) is 57.0 Å². The molecule has 2 aromatic carbocycles. The maximum Gasteiger partial charge on any atom is 0.271 e. The number of rotatable bonds is 12. The molecule has 0 aromatic heterocycles. The van der Waals surface area contributed by atoms with Crippen LogP contribution in [-0.2, 0) is 0 Å². The number of carbonyl (C=O) groups excluding carboxylic acids is 1. The highest BCUT2D eigenvalue weighted by Crippen LogP contribution is 2.39. The Bertz CT molecular complexity index is 841. The Labute approximate surface area is 183 Å². The number of hydrazone groups is 1. The molecule has 168 valence electrons. The molecule has 1 amide bonds. The standard InChI is InChI=1S/C23H31N3O5/c1-5-29-20-14-18(15-21(30-6-2)22(20)31-7-3)23(28)25-24-16-17-8-10-19(11-9-17)26(4)12-13-27/h8-11,14-16,27H,5-7,12-13H2,1-4H3,(H,25,28)/b24-16+. The molecule has 2 rings (SSSR count). The van der Waals surface area contributed by atoms with Gasteiger partial charge in [0, 0.05) is 24.8 Å². The molecule has 0 aliphatic rings. The topological polar surface area (TPSA) is 92.6 Å². The number of amides is 1. The van der Waals surface area contributed by atoms with Crippen LogP contribution in [0.4, 0.5) is 5.69 Å². The van der Waals surface area contributed by atoms with Gasteiger partial charge in [0.05, 0.1) is 32.6 Å². The first-order valence-corrected chi connectivity index (χ1v) is 10.4. The van der Waals surface area contributed by atoms with Gasteiger partial charge in [0.2, 0.25) is 5.75 Å². The van der Waals surface area contributed by atoms with Gasteiger partial charge in [-0.1, -0.05) is 12.1 Å². The van der Waals surface area contributed by atoms with Gasteiger partial charge >= 0.3 is 0 Å². The number of hydrogen-bond donors (Lipinski definition) is 2. The van der Waals surface area contributed by atoms with Crippen LogP contribution in [0.15, 0.2) is 41.5 Å². The van der Waals surface area contributed by atoms with Gasteiger partial charge in [-0.3, -0.25) is 4.79 Å². The SMILES string of the molecule is CCOc1cc(C(=O)N/N=C/c2ccc(N(C)CCO)cc2)cc(OCC)c1OCC. The van der Waals surface area contributed by atoms with E-state index >= 15 is 0 Å². The van der Waals surface area contributed by atoms with Crippen LogP contribution < -0.4 is 24.5 Å². The number of nitrogens with zero attached hydrogens (tertiary/aromatic N) is 2. The van der Waals surface area contributed by atoms with Gasteiger partial charge in [-0.2, -0.15) is 5.10 Å². The van der Waals surface area contributed by atoms with Crippen molar-refractivity contribution in [1.29, 1.82) is 0 Å². The molecule has 0 radical (unpaired) electrons. The number of likely N-dealkylation sites (N-methyl/N-ethyl adjacent to an activating group) is 1. The first-order valence-electron chi connectivity index (χ1n) is 10.4. The molecule has 8 heteroatoms. The van der Waals surface area contributed by atoms with Crippen LogP contribution in [0.1, 0.15) is 36.7 Å². The van der Waals surface area contributed by atoms with Crippen LogP contribution in [0, 0.1) is 0 Å². The van der Waals surface area contributed by atoms with E-state index in [9.17, 15) is 4.79 Å². The van der Waals surface area contributed by atoms with Crippen molar-refractivity contribution >= 4 is 17.8 Å². The van der Waals surface area contributed by atoms with Crippen LogP contribution in [0.3, 0.4) is 0 Å². The molecule has 8 nitrogen and oxygen atoms in total. The highest BCUT2D eigenvalue weighted by atomic mass is 16.5. The number of benzene rings is 2. The Morgan fingerprint density at radius 3 is 2.13 bits per heavy atom. The third kappa shape index (κ3) is 6.89. The van der Waals surface area contributed by atoms with E-state index in [-0.39, 0.29) is 12.5 Å². The first-order chi connectivity index (χ1) is 15.0. The number of aliphatic hydroxyl groups is 1. The van der Waals surface area contributed by atoms with Crippen LogP contribution >= 0.6 is 0 Å². The van der Waals surface area contributed by atoms with Crippen LogP contribution in [0.2, 0.25) is 0 Å². The number of hydrogen-bond acceptors (Lipinski definition) is 7. The monoisotopic (exact) mass is 429 g/mol. The average molecular weight is 430 g/mol. The zero-order chi connectivity index (χ0) is 22.6. The molecule has 0 bridgehead atoms. The predicted octanol–water partition coefficient (Wildman–Crippen LogP) is 3.08. The second-order valence-electron chi connectivity index (χ2n) is 6.54. The van der Waals surface area contributed by atoms with E-state index < -0.39 is 0 Å². The van der Waals surface area contributed by atoms with Crippen LogP contribution in [0.5, 0.6) is 17.2 Å². The number of anilines is 1. The summed E-state index contributed by atoms with van der Waals surface area (Å²) in [6.07, 6.45) is 1.56. The van der Waals surface area contributed by atoms with Crippen molar-refractivity contribution in [1.82, 2.24) is 5.43 Å². The van der Waals surface area contributed by atoms with Crippen molar-refractivity contribution in [2.75, 3.05) is 44.9 Å². The Morgan fingerprint density at radius 1 is 1.03 bits per heavy atom. The average Bonchev–Trinajstić information content (AvgIpc) is 2.76. The Hall–Kier alpha value is -3.26. The maximum atomic E-state index is 12.6. The lowest BCUT2D eigenvalue weighted by molar-refractivity contribution is 0.0954. The molecule has 2 N–H and O–H groups in total. The molecule has 0 aliphatic carbocycles. The van der Waals surface area contributed by atoms with E-state index in [0.29, 0.717) is 49.2 Å². The van der Waals surface area contributed by atoms with Gasteiger partial charge in [-0.15, -0.1) is 0 Å². The quantitative estimate of drug-likeness (QED) is 0.398. The fourth-order valence-corrected chi connectivity index (χ4v) is 2.84. The zero-order valence-corrected chi connectivity index (χ0v) is 18.6. The molecule has 2 aromatic rings. The third-order valence-electron chi connectivity index (χ3n) is 4.32. The fourth-order valence-electron chi connectivity index (χ4n) is 2.84. The molecule has 0 saturated heterocycles. The Balaban J connectivity index is 2.13. The van der Waals surface area contributed by atoms with E-state index in [1.165, 1.54) is 0 Å². The molecule has 0 atom stereocenters. The molecular weight excluding hydrogens is 398 g/mol. The molecule has 0 fully saturated rings. The lowest BCUT2D eigenvalue weighted by Gasteiger charge is -2.17. The molecule has 0 spiro atoms. The third-order valence-corrected chi connectivity index (χ3v) is 4.32. The van der Waals surface area contributed by atoms with Gasteiger partial charge in [-0.05, 0) is 50.6 Å². The minimum Gasteiger partial charge on any atom is -0.490 e. The zero-order valence-electron chi connectivity index (χ0n) is 18.6. The van der Waals surface area contributed by atoms with Gasteiger partial charge in [0.25, 0.3) is 5.91 Å². The first kappa shape index (κ1) is 24.0. The minimum absolute atomic E-state index is 0.0906. The van der Waals surface area contributed by atoms with Crippen LogP contribution in [0.25, 0.3) is 0 Å². The summed E-state index contributed by atoms with van der Waals surface area (Å²) in [5, 5.41) is 13.1. The van der Waals surface area contributed by atoms with Crippen LogP contribution in [-0.4, -0.2) is 57.2 Å². The van der Waals surface area contributed by atoms with Crippen molar-refractivity contribution in [3.63, 3.8) is 0 Å². The van der Waals surface area contributed by atoms with Gasteiger partial charge in [0.1, 0.15) is 0 Å². The summed E-state index contributed by atoms with van der Waals surface area (Å²) >= 11 is 0. The summed E-state index contributed by atoms with van der Waals surface area (Å²) < 4.78 is 17.0. The van der Waals surface area contributed by atoms with Gasteiger partial charge in [0.15, 0.2) is 11.5 Å². The summed E-state index contributed by atoms with van der Waals surface area (Å²) in [5.41, 5.74) is 4.70. The number of aliphatic hydroxyl groups excluding tert-OH is 1. The normalized spacial score (nSPS) is 10.7. The van der Waals surface area contributed by atoms with Crippen molar-refractivity contribution in [3.8, 4) is 17.2 Å². The Kier molecular flexibility index (Phi) is 9.64. The second-order valence-corrected chi connectivity index (χ2v) is 6.54. The number of carbonyl (C=O) groups is 1. The smallest absolute Gasteiger partial charge is 0.271 e. The number of ether oxygens (including phenoxy) is 3. The summed E-state index contributed by atoms with van der Waals surface area (Å²) in [6.45, 7) is 7.55. The lowest BCUT2D eigenvalue weighted by Crippen LogP contribution is -2.21. The van der Waals surface area contributed by atoms with E-state index in [0.717, 1.165) is 11.3 Å². The summed E-state index contributed by atoms with van der Waals surface area (Å²) in [6, 6.07) is 10.9. The van der Waals surface area contributed by atoms with E-state index in [4.69, 9.17) is 19.3 Å². The lowest BCUT2D eigenvalue weighted by atomic mass is 10.1. The molecule has 31 heavy (non-hydrogen) atoms. The van der Waals surface area contributed by atoms with Crippen molar-refractivity contribution in [2.45, 2.75) is 20.8 Å². The Morgan fingerprint density at radius 2 is 1.61 bits per heavy atom. The fraction of sp³-hybridized carbons (Fsp3) is 0.391. The van der Waals surface area contributed by atoms with Crippen molar-refractivity contribution < 1.29 is 24.1 Å². The van der Waals surface area contributed by atoms with Crippen molar-refractivity contribution in [2.24, 2.45) is 5.10 Å².